The third-order valence-electron chi connectivity index (χ3n) is 2.07. The minimum absolute atomic E-state index is 0.0723. The van der Waals surface area contributed by atoms with E-state index >= 15 is 0 Å². The molecule has 0 bridgehead atoms. The second kappa shape index (κ2) is 8.12. The minimum atomic E-state index is -4.23. The molecule has 1 atom stereocenters. The summed E-state index contributed by atoms with van der Waals surface area (Å²) >= 11 is -4.23. The predicted octanol–water partition coefficient (Wildman–Crippen LogP) is -0.769. The molecule has 0 unspecified atom stereocenters. The summed E-state index contributed by atoms with van der Waals surface area (Å²) in [6.07, 6.45) is 4.27. The van der Waals surface area contributed by atoms with Crippen LogP contribution in [0.1, 0.15) is 39.5 Å². The van der Waals surface area contributed by atoms with Crippen LogP contribution in [0.15, 0.2) is 0 Å². The summed E-state index contributed by atoms with van der Waals surface area (Å²) in [6.45, 7) is 4.52. The molecule has 0 fully saturated rings. The Hall–Kier alpha value is 0.920. The topological polar surface area (TPSA) is 69.9 Å². The fourth-order valence-corrected chi connectivity index (χ4v) is 2.79. The molecule has 0 aliphatic carbocycles. The summed E-state index contributed by atoms with van der Waals surface area (Å²) in [6, 6.07) is 0. The van der Waals surface area contributed by atoms with Crippen LogP contribution in [0.4, 0.5) is 0 Å². The van der Waals surface area contributed by atoms with Gasteiger partial charge in [-0.25, -0.2) is 0 Å². The van der Waals surface area contributed by atoms with E-state index in [1.807, 2.05) is 0 Å². The third kappa shape index (κ3) is 7.24. The van der Waals surface area contributed by atoms with Gasteiger partial charge in [0.05, 0.1) is 0 Å². The molecule has 0 heterocycles. The van der Waals surface area contributed by atoms with E-state index in [4.69, 9.17) is 14.5 Å². The van der Waals surface area contributed by atoms with Crippen LogP contribution in [0.3, 0.4) is 0 Å². The van der Waals surface area contributed by atoms with Gasteiger partial charge in [-0.05, 0) is 0 Å². The van der Waals surface area contributed by atoms with E-state index in [-0.39, 0.29) is 9.21 Å². The molecule has 0 aromatic heterocycles. The van der Waals surface area contributed by atoms with Crippen molar-refractivity contribution in [2.45, 2.75) is 39.5 Å². The van der Waals surface area contributed by atoms with E-state index in [0.29, 0.717) is 12.5 Å². The molecule has 0 aromatic rings. The predicted molar refractivity (Wildman–Crippen MR) is 53.9 cm³/mol. The van der Waals surface area contributed by atoms with Gasteiger partial charge in [0.1, 0.15) is 0 Å². The van der Waals surface area contributed by atoms with E-state index in [9.17, 15) is 0 Å². The van der Waals surface area contributed by atoms with Gasteiger partial charge in [-0.15, -0.1) is 0 Å². The molecule has 0 amide bonds. The van der Waals surface area contributed by atoms with Gasteiger partial charge in [-0.2, -0.15) is 0 Å². The first-order valence-corrected chi connectivity index (χ1v) is 10.9. The van der Waals surface area contributed by atoms with Crippen LogP contribution >= 0.6 is 9.21 Å². The van der Waals surface area contributed by atoms with Crippen molar-refractivity contribution in [3.05, 3.63) is 0 Å². The number of halogens is 1. The number of unbranched alkanes of at least 4 members (excludes halogenated alkanes) is 1. The Morgan fingerprint density at radius 3 is 2.43 bits per heavy atom. The van der Waals surface area contributed by atoms with E-state index in [2.05, 4.69) is 13.8 Å². The third-order valence-corrected chi connectivity index (χ3v) is 5.56. The Bertz CT molecular complexity index is 145. The first kappa shape index (κ1) is 14.9. The summed E-state index contributed by atoms with van der Waals surface area (Å²) in [5.41, 5.74) is 0. The molecule has 0 radical (unpaired) electrons. The summed E-state index contributed by atoms with van der Waals surface area (Å²) in [5, 5.41) is 0. The fourth-order valence-electron chi connectivity index (χ4n) is 1.09. The van der Waals surface area contributed by atoms with Crippen LogP contribution in [0.5, 0.6) is 0 Å². The van der Waals surface area contributed by atoms with E-state index in [1.165, 1.54) is 0 Å². The molecule has 90 valence electrons. The number of hydrogen-bond donors (Lipinski definition) is 3. The molecular weight excluding hydrogens is 319 g/mol. The van der Waals surface area contributed by atoms with Gasteiger partial charge in [-0.1, -0.05) is 0 Å². The summed E-state index contributed by atoms with van der Waals surface area (Å²) in [4.78, 5) is 0. The fraction of sp³-hybridized carbons (Fsp3) is 1.00. The number of rotatable bonds is 8. The molecule has 14 heavy (non-hydrogen) atoms. The molecule has 4 nitrogen and oxygen atoms in total. The zero-order valence-electron chi connectivity index (χ0n) is 8.65. The maximum absolute atomic E-state index is 9.12. The van der Waals surface area contributed by atoms with Crippen molar-refractivity contribution >= 4 is 9.21 Å². The molecule has 0 rings (SSSR count). The first-order chi connectivity index (χ1) is 6.55. The van der Waals surface area contributed by atoms with Gasteiger partial charge < -0.3 is 0 Å². The van der Waals surface area contributed by atoms with Crippen molar-refractivity contribution in [1.82, 2.24) is 0 Å². The SMILES string of the molecule is CCCC[C@H](CC)CO[I-](O)(O)SO. The number of hydrogen-bond acceptors (Lipinski definition) is 5. The van der Waals surface area contributed by atoms with E-state index in [0.717, 1.165) is 25.7 Å². The van der Waals surface area contributed by atoms with Crippen molar-refractivity contribution in [3.8, 4) is 0 Å². The zero-order chi connectivity index (χ0) is 11.0. The van der Waals surface area contributed by atoms with Gasteiger partial charge in [0, 0.05) is 0 Å². The van der Waals surface area contributed by atoms with Crippen LogP contribution in [0.25, 0.3) is 0 Å². The van der Waals surface area contributed by atoms with Crippen molar-refractivity contribution in [2.75, 3.05) is 6.61 Å². The Kier molecular flexibility index (Phi) is 8.65. The summed E-state index contributed by atoms with van der Waals surface area (Å²) < 4.78 is 31.7. The van der Waals surface area contributed by atoms with Gasteiger partial charge in [0.15, 0.2) is 0 Å². The van der Waals surface area contributed by atoms with Crippen molar-refractivity contribution < 1.29 is 32.8 Å². The Morgan fingerprint density at radius 2 is 2.00 bits per heavy atom. The Labute approximate surface area is 93.9 Å². The normalized spacial score (nSPS) is 15.5. The van der Waals surface area contributed by atoms with Crippen LogP contribution < -0.4 is 18.3 Å². The van der Waals surface area contributed by atoms with Crippen molar-refractivity contribution in [2.24, 2.45) is 5.92 Å². The van der Waals surface area contributed by atoms with Gasteiger partial charge in [0.25, 0.3) is 0 Å². The van der Waals surface area contributed by atoms with Gasteiger partial charge in [0.2, 0.25) is 0 Å². The van der Waals surface area contributed by atoms with Crippen LogP contribution in [0.2, 0.25) is 0 Å². The van der Waals surface area contributed by atoms with Crippen LogP contribution in [-0.4, -0.2) is 18.0 Å². The molecule has 0 spiro atoms. The van der Waals surface area contributed by atoms with Crippen molar-refractivity contribution in [1.29, 1.82) is 0 Å². The molecule has 6 heteroatoms. The second-order valence-electron chi connectivity index (χ2n) is 3.18. The summed E-state index contributed by atoms with van der Waals surface area (Å²) in [7, 11) is 0.0723. The molecule has 0 aliphatic heterocycles. The Morgan fingerprint density at radius 1 is 1.36 bits per heavy atom. The zero-order valence-corrected chi connectivity index (χ0v) is 11.6. The van der Waals surface area contributed by atoms with Gasteiger partial charge >= 0.3 is 94.1 Å². The molecular formula is C8H20IO4S-. The molecule has 0 aromatic carbocycles. The maximum atomic E-state index is 9.12. The average molecular weight is 339 g/mol. The molecule has 0 aliphatic rings. The monoisotopic (exact) mass is 339 g/mol. The average Bonchev–Trinajstić information content (AvgIpc) is 2.18. The molecule has 0 saturated carbocycles. The first-order valence-electron chi connectivity index (χ1n) is 4.76. The van der Waals surface area contributed by atoms with Gasteiger partial charge in [-0.3, -0.25) is 0 Å². The summed E-state index contributed by atoms with van der Waals surface area (Å²) in [5.74, 6) is 0.365. The van der Waals surface area contributed by atoms with Crippen LogP contribution in [0, 0.1) is 5.92 Å². The van der Waals surface area contributed by atoms with Crippen molar-refractivity contribution in [3.63, 3.8) is 0 Å². The molecule has 0 saturated heterocycles. The standard InChI is InChI=1S/C8H20IO4S/c1-3-5-6-8(4-2)7-13-9(10,11)14-12/h8,10-12H,3-7H2,1-2H3/q-1/t8-/m0/s1. The van der Waals surface area contributed by atoms with E-state index < -0.39 is 18.3 Å². The van der Waals surface area contributed by atoms with E-state index in [1.54, 1.807) is 0 Å². The van der Waals surface area contributed by atoms with Crippen LogP contribution in [-0.2, 0) is 3.07 Å². The molecule has 3 N–H and O–H groups in total. The second-order valence-corrected chi connectivity index (χ2v) is 10.2. The quantitative estimate of drug-likeness (QED) is 0.400. The Balaban J connectivity index is 3.71.